The second-order valence-electron chi connectivity index (χ2n) is 3.26. The fourth-order valence-corrected chi connectivity index (χ4v) is 1.23. The molecule has 0 aliphatic carbocycles. The Hall–Kier alpha value is -2.45. The largest absolute Gasteiger partial charge is 0.370 e. The van der Waals surface area contributed by atoms with Gasteiger partial charge in [0.05, 0.1) is 4.92 Å². The number of nitrogen functional groups attached to an aromatic ring is 1. The number of rotatable bonds is 5. The summed E-state index contributed by atoms with van der Waals surface area (Å²) in [6.07, 6.45) is 0.0418. The molecule has 1 heterocycles. The molecule has 17 heavy (non-hydrogen) atoms. The third-order valence-corrected chi connectivity index (χ3v) is 1.92. The van der Waals surface area contributed by atoms with Crippen molar-refractivity contribution in [3.05, 3.63) is 15.8 Å². The molecule has 0 saturated carbocycles. The van der Waals surface area contributed by atoms with Crippen LogP contribution in [0.5, 0.6) is 0 Å². The first kappa shape index (κ1) is 12.6. The molecule has 1 aromatic heterocycles. The lowest BCUT2D eigenvalue weighted by Gasteiger charge is -2.06. The zero-order valence-electron chi connectivity index (χ0n) is 9.14. The van der Waals surface area contributed by atoms with Gasteiger partial charge in [0.15, 0.2) is 0 Å². The summed E-state index contributed by atoms with van der Waals surface area (Å²) in [5.74, 6) is -0.602. The number of nitrogens with two attached hydrogens (primary N) is 2. The third-order valence-electron chi connectivity index (χ3n) is 1.92. The summed E-state index contributed by atoms with van der Waals surface area (Å²) in [7, 11) is 0. The van der Waals surface area contributed by atoms with E-state index in [0.29, 0.717) is 0 Å². The van der Waals surface area contributed by atoms with Crippen molar-refractivity contribution >= 4 is 23.4 Å². The normalized spacial score (nSPS) is 9.94. The molecule has 0 radical (unpaired) electrons. The molecule has 9 nitrogen and oxygen atoms in total. The molecule has 0 unspecified atom stereocenters. The van der Waals surface area contributed by atoms with E-state index in [1.165, 1.54) is 6.92 Å². The molecule has 0 fully saturated rings. The first-order valence-corrected chi connectivity index (χ1v) is 4.72. The van der Waals surface area contributed by atoms with Crippen molar-refractivity contribution in [1.82, 2.24) is 9.97 Å². The van der Waals surface area contributed by atoms with Crippen molar-refractivity contribution in [3.8, 4) is 0 Å². The molecule has 5 N–H and O–H groups in total. The maximum Gasteiger partial charge on any atom is 0.332 e. The van der Waals surface area contributed by atoms with Gasteiger partial charge in [0.25, 0.3) is 0 Å². The number of nitrogens with zero attached hydrogens (tertiary/aromatic N) is 3. The molecule has 0 spiro atoms. The van der Waals surface area contributed by atoms with Gasteiger partial charge in [-0.1, -0.05) is 0 Å². The minimum Gasteiger partial charge on any atom is -0.370 e. The Kier molecular flexibility index (Phi) is 3.75. The molecule has 0 saturated heterocycles. The van der Waals surface area contributed by atoms with E-state index < -0.39 is 10.8 Å². The summed E-state index contributed by atoms with van der Waals surface area (Å²) in [5.41, 5.74) is 10.2. The van der Waals surface area contributed by atoms with Crippen LogP contribution in [0.4, 0.5) is 17.5 Å². The summed E-state index contributed by atoms with van der Waals surface area (Å²) in [5, 5.41) is 13.4. The van der Waals surface area contributed by atoms with Crippen molar-refractivity contribution in [2.75, 3.05) is 17.6 Å². The summed E-state index contributed by atoms with van der Waals surface area (Å²) >= 11 is 0. The first-order chi connectivity index (χ1) is 7.91. The molecule has 1 amide bonds. The Morgan fingerprint density at radius 2 is 2.18 bits per heavy atom. The van der Waals surface area contributed by atoms with Crippen molar-refractivity contribution in [1.29, 1.82) is 0 Å². The van der Waals surface area contributed by atoms with Gasteiger partial charge >= 0.3 is 5.69 Å². The van der Waals surface area contributed by atoms with Gasteiger partial charge in [-0.15, -0.1) is 0 Å². The predicted octanol–water partition coefficient (Wildman–Crippen LogP) is -0.437. The van der Waals surface area contributed by atoms with Gasteiger partial charge in [-0.05, 0) is 6.92 Å². The van der Waals surface area contributed by atoms with Crippen LogP contribution < -0.4 is 16.8 Å². The standard InChI is InChI=1S/C8H12N6O3/c1-4-6(14(16)17)7(13-8(10)12-4)11-3-2-5(9)15/h2-3H2,1H3,(H2,9,15)(H3,10,11,12,13). The summed E-state index contributed by atoms with van der Waals surface area (Å²) in [4.78, 5) is 28.1. The number of hydrogen-bond donors (Lipinski definition) is 3. The lowest BCUT2D eigenvalue weighted by atomic mass is 10.3. The van der Waals surface area contributed by atoms with E-state index in [0.717, 1.165) is 0 Å². The van der Waals surface area contributed by atoms with E-state index >= 15 is 0 Å². The van der Waals surface area contributed by atoms with E-state index in [4.69, 9.17) is 11.5 Å². The third kappa shape index (κ3) is 3.26. The highest BCUT2D eigenvalue weighted by Gasteiger charge is 2.21. The quantitative estimate of drug-likeness (QED) is 0.466. The molecule has 0 aliphatic rings. The topological polar surface area (TPSA) is 150 Å². The van der Waals surface area contributed by atoms with E-state index in [1.54, 1.807) is 0 Å². The van der Waals surface area contributed by atoms with Gasteiger partial charge in [-0.2, -0.15) is 4.98 Å². The number of carbonyl (C=O) groups is 1. The minimum absolute atomic E-state index is 0.0127. The molecule has 0 aromatic carbocycles. The number of carbonyl (C=O) groups excluding carboxylic acids is 1. The number of hydrogen-bond acceptors (Lipinski definition) is 7. The summed E-state index contributed by atoms with van der Waals surface area (Å²) in [6.45, 7) is 1.60. The van der Waals surface area contributed by atoms with Crippen LogP contribution in [0.15, 0.2) is 0 Å². The minimum atomic E-state index is -0.610. The van der Waals surface area contributed by atoms with Crippen LogP contribution in [-0.2, 0) is 4.79 Å². The van der Waals surface area contributed by atoms with Gasteiger partial charge in [0.2, 0.25) is 17.7 Å². The van der Waals surface area contributed by atoms with Crippen molar-refractivity contribution in [3.63, 3.8) is 0 Å². The van der Waals surface area contributed by atoms with Crippen LogP contribution in [0, 0.1) is 17.0 Å². The Labute approximate surface area is 96.4 Å². The Morgan fingerprint density at radius 1 is 1.53 bits per heavy atom. The molecular weight excluding hydrogens is 228 g/mol. The molecule has 9 heteroatoms. The van der Waals surface area contributed by atoms with E-state index in [2.05, 4.69) is 15.3 Å². The predicted molar refractivity (Wildman–Crippen MR) is 60.1 cm³/mol. The number of amides is 1. The smallest absolute Gasteiger partial charge is 0.332 e. The van der Waals surface area contributed by atoms with E-state index in [1.807, 2.05) is 0 Å². The Morgan fingerprint density at radius 3 is 2.71 bits per heavy atom. The maximum atomic E-state index is 10.8. The fraction of sp³-hybridized carbons (Fsp3) is 0.375. The number of aryl methyl sites for hydroxylation is 1. The molecule has 0 bridgehead atoms. The highest BCUT2D eigenvalue weighted by Crippen LogP contribution is 2.25. The lowest BCUT2D eigenvalue weighted by molar-refractivity contribution is -0.385. The molecular formula is C8H12N6O3. The van der Waals surface area contributed by atoms with E-state index in [-0.39, 0.29) is 36.1 Å². The lowest BCUT2D eigenvalue weighted by Crippen LogP contribution is -2.17. The average molecular weight is 240 g/mol. The summed E-state index contributed by atoms with van der Waals surface area (Å²) in [6, 6.07) is 0. The highest BCUT2D eigenvalue weighted by atomic mass is 16.6. The number of primary amides is 1. The molecule has 92 valence electrons. The zero-order valence-corrected chi connectivity index (χ0v) is 9.14. The first-order valence-electron chi connectivity index (χ1n) is 4.72. The van der Waals surface area contributed by atoms with Crippen LogP contribution in [0.3, 0.4) is 0 Å². The van der Waals surface area contributed by atoms with Crippen LogP contribution in [0.1, 0.15) is 12.1 Å². The number of aromatic nitrogens is 2. The van der Waals surface area contributed by atoms with Crippen molar-refractivity contribution < 1.29 is 9.72 Å². The van der Waals surface area contributed by atoms with Crippen molar-refractivity contribution in [2.24, 2.45) is 5.73 Å². The van der Waals surface area contributed by atoms with Crippen LogP contribution in [0.25, 0.3) is 0 Å². The zero-order chi connectivity index (χ0) is 13.0. The Balaban J connectivity index is 2.96. The number of anilines is 2. The molecule has 0 aliphatic heterocycles. The number of nitro groups is 1. The molecule has 1 rings (SSSR count). The van der Waals surface area contributed by atoms with Gasteiger partial charge in [-0.3, -0.25) is 14.9 Å². The second kappa shape index (κ2) is 5.05. The van der Waals surface area contributed by atoms with Crippen LogP contribution in [0.2, 0.25) is 0 Å². The highest BCUT2D eigenvalue weighted by molar-refractivity contribution is 5.74. The van der Waals surface area contributed by atoms with Gasteiger partial charge < -0.3 is 16.8 Å². The van der Waals surface area contributed by atoms with E-state index in [9.17, 15) is 14.9 Å². The van der Waals surface area contributed by atoms with Gasteiger partial charge in [0, 0.05) is 13.0 Å². The molecule has 0 atom stereocenters. The average Bonchev–Trinajstić information content (AvgIpc) is 2.14. The van der Waals surface area contributed by atoms with Crippen LogP contribution >= 0.6 is 0 Å². The second-order valence-corrected chi connectivity index (χ2v) is 3.26. The summed E-state index contributed by atoms with van der Waals surface area (Å²) < 4.78 is 0. The maximum absolute atomic E-state index is 10.8. The van der Waals surface area contributed by atoms with Crippen molar-refractivity contribution in [2.45, 2.75) is 13.3 Å². The van der Waals surface area contributed by atoms with Crippen LogP contribution in [-0.4, -0.2) is 27.3 Å². The van der Waals surface area contributed by atoms with Gasteiger partial charge in [0.1, 0.15) is 5.69 Å². The molecule has 1 aromatic rings. The number of nitrogens with one attached hydrogen (secondary N) is 1. The fourth-order valence-electron chi connectivity index (χ4n) is 1.23. The Bertz CT molecular complexity index is 461. The SMILES string of the molecule is Cc1nc(N)nc(NCCC(N)=O)c1[N+](=O)[O-]. The monoisotopic (exact) mass is 240 g/mol. The van der Waals surface area contributed by atoms with Gasteiger partial charge in [-0.25, -0.2) is 4.98 Å².